The first kappa shape index (κ1) is 12.9. The zero-order valence-corrected chi connectivity index (χ0v) is 9.36. The predicted octanol–water partition coefficient (Wildman–Crippen LogP) is 2.58. The van der Waals surface area contributed by atoms with Gasteiger partial charge >= 0.3 is 0 Å². The molecule has 16 heavy (non-hydrogen) atoms. The van der Waals surface area contributed by atoms with Gasteiger partial charge in [-0.05, 0) is 31.0 Å². The van der Waals surface area contributed by atoms with Gasteiger partial charge in [0.25, 0.3) is 0 Å². The monoisotopic (exact) mass is 224 g/mol. The maximum Gasteiger partial charge on any atom is 0.123 e. The maximum atomic E-state index is 12.7. The van der Waals surface area contributed by atoms with Crippen molar-refractivity contribution in [3.8, 4) is 0 Å². The molecule has 0 radical (unpaired) electrons. The van der Waals surface area contributed by atoms with Crippen LogP contribution in [0.3, 0.4) is 0 Å². The standard InChI is InChI=1S/C13H17FO2/c1-3-8-13(2,16)9-12(15)10-4-6-11(14)7-5-10/h3-7,12,15-16H,1,8-9H2,2H3/t12-,13-/m1/s1. The molecule has 0 aliphatic heterocycles. The second-order valence-corrected chi connectivity index (χ2v) is 4.26. The summed E-state index contributed by atoms with van der Waals surface area (Å²) >= 11 is 0. The van der Waals surface area contributed by atoms with E-state index in [1.165, 1.54) is 24.3 Å². The van der Waals surface area contributed by atoms with E-state index in [0.29, 0.717) is 12.0 Å². The van der Waals surface area contributed by atoms with Crippen LogP contribution in [-0.2, 0) is 0 Å². The normalized spacial score (nSPS) is 16.5. The van der Waals surface area contributed by atoms with E-state index in [0.717, 1.165) is 0 Å². The highest BCUT2D eigenvalue weighted by Gasteiger charge is 2.23. The fraction of sp³-hybridized carbons (Fsp3) is 0.385. The largest absolute Gasteiger partial charge is 0.390 e. The van der Waals surface area contributed by atoms with Crippen molar-refractivity contribution in [1.82, 2.24) is 0 Å². The first-order valence-corrected chi connectivity index (χ1v) is 5.21. The molecular formula is C13H17FO2. The first-order valence-electron chi connectivity index (χ1n) is 5.21. The lowest BCUT2D eigenvalue weighted by molar-refractivity contribution is 0.00552. The number of hydrogen-bond acceptors (Lipinski definition) is 2. The summed E-state index contributed by atoms with van der Waals surface area (Å²) in [6.45, 7) is 5.19. The van der Waals surface area contributed by atoms with Crippen molar-refractivity contribution in [3.05, 3.63) is 48.3 Å². The topological polar surface area (TPSA) is 40.5 Å². The van der Waals surface area contributed by atoms with Crippen LogP contribution in [0.25, 0.3) is 0 Å². The van der Waals surface area contributed by atoms with Crippen molar-refractivity contribution >= 4 is 0 Å². The van der Waals surface area contributed by atoms with Gasteiger partial charge in [0, 0.05) is 6.42 Å². The van der Waals surface area contributed by atoms with Crippen molar-refractivity contribution < 1.29 is 14.6 Å². The van der Waals surface area contributed by atoms with E-state index in [1.807, 2.05) is 0 Å². The molecule has 1 rings (SSSR count). The van der Waals surface area contributed by atoms with E-state index in [-0.39, 0.29) is 12.2 Å². The van der Waals surface area contributed by atoms with Crippen molar-refractivity contribution in [2.75, 3.05) is 0 Å². The summed E-state index contributed by atoms with van der Waals surface area (Å²) in [5.74, 6) is -0.339. The molecule has 0 aromatic heterocycles. The number of rotatable bonds is 5. The number of halogens is 1. The summed E-state index contributed by atoms with van der Waals surface area (Å²) in [6.07, 6.45) is 1.42. The molecule has 0 fully saturated rings. The minimum atomic E-state index is -0.991. The van der Waals surface area contributed by atoms with Crippen molar-refractivity contribution in [3.63, 3.8) is 0 Å². The summed E-state index contributed by atoms with van der Waals surface area (Å²) in [5, 5.41) is 19.8. The molecule has 0 aliphatic rings. The van der Waals surface area contributed by atoms with Crippen LogP contribution in [0.2, 0.25) is 0 Å². The summed E-state index contributed by atoms with van der Waals surface area (Å²) in [6, 6.07) is 5.62. The second-order valence-electron chi connectivity index (χ2n) is 4.26. The van der Waals surface area contributed by atoms with Crippen molar-refractivity contribution in [1.29, 1.82) is 0 Å². The summed E-state index contributed by atoms with van der Waals surface area (Å²) in [4.78, 5) is 0. The van der Waals surface area contributed by atoms with Crippen molar-refractivity contribution in [2.45, 2.75) is 31.5 Å². The lowest BCUT2D eigenvalue weighted by atomic mass is 9.92. The zero-order chi connectivity index (χ0) is 12.2. The highest BCUT2D eigenvalue weighted by Crippen LogP contribution is 2.26. The Morgan fingerprint density at radius 2 is 2.00 bits per heavy atom. The van der Waals surface area contributed by atoms with Crippen LogP contribution in [-0.4, -0.2) is 15.8 Å². The molecule has 2 nitrogen and oxygen atoms in total. The molecule has 0 saturated carbocycles. The lowest BCUT2D eigenvalue weighted by Crippen LogP contribution is -2.26. The van der Waals surface area contributed by atoms with E-state index >= 15 is 0 Å². The van der Waals surface area contributed by atoms with Gasteiger partial charge in [-0.3, -0.25) is 0 Å². The Hall–Kier alpha value is -1.19. The minimum Gasteiger partial charge on any atom is -0.390 e. The summed E-state index contributed by atoms with van der Waals surface area (Å²) in [7, 11) is 0. The quantitative estimate of drug-likeness (QED) is 0.755. The third-order valence-electron chi connectivity index (χ3n) is 2.47. The van der Waals surface area contributed by atoms with Gasteiger partial charge in [0.2, 0.25) is 0 Å². The number of hydrogen-bond donors (Lipinski definition) is 2. The molecule has 0 unspecified atom stereocenters. The van der Waals surface area contributed by atoms with Crippen LogP contribution in [0.1, 0.15) is 31.4 Å². The van der Waals surface area contributed by atoms with Crippen LogP contribution >= 0.6 is 0 Å². The number of benzene rings is 1. The Balaban J connectivity index is 2.68. The molecule has 3 heteroatoms. The molecular weight excluding hydrogens is 207 g/mol. The third-order valence-corrected chi connectivity index (χ3v) is 2.47. The smallest absolute Gasteiger partial charge is 0.123 e. The van der Waals surface area contributed by atoms with Crippen LogP contribution in [0.4, 0.5) is 4.39 Å². The molecule has 0 heterocycles. The van der Waals surface area contributed by atoms with Crippen LogP contribution in [0.5, 0.6) is 0 Å². The fourth-order valence-corrected chi connectivity index (χ4v) is 1.61. The molecule has 88 valence electrons. The molecule has 2 N–H and O–H groups in total. The summed E-state index contributed by atoms with van der Waals surface area (Å²) < 4.78 is 12.7. The zero-order valence-electron chi connectivity index (χ0n) is 9.36. The Bertz CT molecular complexity index is 343. The average Bonchev–Trinajstić information content (AvgIpc) is 2.17. The molecule has 0 bridgehead atoms. The van der Waals surface area contributed by atoms with E-state index in [2.05, 4.69) is 6.58 Å². The first-order chi connectivity index (χ1) is 7.44. The second kappa shape index (κ2) is 5.23. The Morgan fingerprint density at radius 3 is 2.50 bits per heavy atom. The maximum absolute atomic E-state index is 12.7. The Labute approximate surface area is 95.1 Å². The molecule has 0 spiro atoms. The number of aliphatic hydroxyl groups is 2. The molecule has 1 aromatic carbocycles. The van der Waals surface area contributed by atoms with E-state index < -0.39 is 11.7 Å². The van der Waals surface area contributed by atoms with Crippen LogP contribution < -0.4 is 0 Å². The fourth-order valence-electron chi connectivity index (χ4n) is 1.61. The van der Waals surface area contributed by atoms with Crippen LogP contribution in [0.15, 0.2) is 36.9 Å². The molecule has 0 amide bonds. The van der Waals surface area contributed by atoms with Crippen LogP contribution in [0, 0.1) is 5.82 Å². The van der Waals surface area contributed by atoms with Gasteiger partial charge in [0.05, 0.1) is 11.7 Å². The van der Waals surface area contributed by atoms with Gasteiger partial charge in [-0.25, -0.2) is 4.39 Å². The minimum absolute atomic E-state index is 0.199. The lowest BCUT2D eigenvalue weighted by Gasteiger charge is -2.24. The SMILES string of the molecule is C=CC[C@@](C)(O)C[C@@H](O)c1ccc(F)cc1. The Morgan fingerprint density at radius 1 is 1.44 bits per heavy atom. The predicted molar refractivity (Wildman–Crippen MR) is 61.4 cm³/mol. The van der Waals surface area contributed by atoms with Crippen molar-refractivity contribution in [2.24, 2.45) is 0 Å². The molecule has 0 aliphatic carbocycles. The highest BCUT2D eigenvalue weighted by atomic mass is 19.1. The van der Waals surface area contributed by atoms with Gasteiger partial charge in [-0.1, -0.05) is 18.2 Å². The van der Waals surface area contributed by atoms with Gasteiger partial charge in [0.1, 0.15) is 5.82 Å². The highest BCUT2D eigenvalue weighted by molar-refractivity contribution is 5.18. The van der Waals surface area contributed by atoms with Gasteiger partial charge < -0.3 is 10.2 Å². The third kappa shape index (κ3) is 3.76. The van der Waals surface area contributed by atoms with Gasteiger partial charge in [-0.15, -0.1) is 6.58 Å². The summed E-state index contributed by atoms with van der Waals surface area (Å²) in [5.41, 5.74) is -0.388. The molecule has 1 aromatic rings. The molecule has 0 saturated heterocycles. The molecule has 2 atom stereocenters. The van der Waals surface area contributed by atoms with E-state index in [4.69, 9.17) is 0 Å². The van der Waals surface area contributed by atoms with E-state index in [1.54, 1.807) is 13.0 Å². The van der Waals surface area contributed by atoms with Gasteiger partial charge in [0.15, 0.2) is 0 Å². The van der Waals surface area contributed by atoms with Gasteiger partial charge in [-0.2, -0.15) is 0 Å². The number of aliphatic hydroxyl groups excluding tert-OH is 1. The Kier molecular flexibility index (Phi) is 4.21. The van der Waals surface area contributed by atoms with E-state index in [9.17, 15) is 14.6 Å². The average molecular weight is 224 g/mol.